The molecular formula is C73H158O20S8Si8. The zero-order valence-corrected chi connectivity index (χ0v) is 85.8. The van der Waals surface area contributed by atoms with Gasteiger partial charge in [0.1, 0.15) is 0 Å². The highest BCUT2D eigenvalue weighted by molar-refractivity contribution is 8.00. The highest BCUT2D eigenvalue weighted by Crippen LogP contribution is 2.47. The van der Waals surface area contributed by atoms with Crippen molar-refractivity contribution in [3.05, 3.63) is 0 Å². The zero-order chi connectivity index (χ0) is 79.8. The molecule has 0 amide bonds. The standard InChI is InChI=1S/C73H158O20S8Si8/c1-66(2)18-27-76-26-17-42-94-50-58-102-84-103(59-51-95-43-35-77-28-19-67(3)4)86-107(63-55-99-47-39-81-32-23-71(11)12)90-106(85-102,62-54-98-46-38-80-31-22-70(9)10)91-108(64-56-100-48-40-82-33-24-72(13)14)88-104(74,60-52-96-44-36-78-29-20-68(5)6)87-105(75,61-53-97-45-37-79-30-21-69(7)8)89-109(92-107,93-108)65-57-101-49-41-83-34-25-73(15)16/h66-75,102-103H,17-65H2,1-16H3. The summed E-state index contributed by atoms with van der Waals surface area (Å²) in [6, 6.07) is 2.72. The second kappa shape index (κ2) is 65.4. The summed E-state index contributed by atoms with van der Waals surface area (Å²) >= 11 is 14.2. The first kappa shape index (κ1) is 107. The van der Waals surface area contributed by atoms with E-state index in [1.54, 1.807) is 70.6 Å². The summed E-state index contributed by atoms with van der Waals surface area (Å²) in [5.74, 6) is 15.2. The van der Waals surface area contributed by atoms with Crippen LogP contribution in [-0.4, -0.2) is 279 Å². The van der Waals surface area contributed by atoms with Crippen LogP contribution in [0.1, 0.15) is 169 Å². The van der Waals surface area contributed by atoms with Crippen molar-refractivity contribution in [3.63, 3.8) is 0 Å². The molecule has 0 spiro atoms. The van der Waals surface area contributed by atoms with Crippen LogP contribution in [0, 0.1) is 47.3 Å². The van der Waals surface area contributed by atoms with E-state index in [1.165, 1.54) is 0 Å². The molecule has 8 atom stereocenters. The van der Waals surface area contributed by atoms with Crippen molar-refractivity contribution in [3.8, 4) is 0 Å². The number of rotatable bonds is 73. The molecule has 8 unspecified atom stereocenters. The van der Waals surface area contributed by atoms with Gasteiger partial charge in [-0.3, -0.25) is 0 Å². The lowest BCUT2D eigenvalue weighted by Gasteiger charge is -2.55. The number of thioether (sulfide) groups is 8. The number of fused-ring (bicyclic) bond motifs is 4. The van der Waals surface area contributed by atoms with Gasteiger partial charge in [0, 0.05) is 136 Å². The van der Waals surface area contributed by atoms with Gasteiger partial charge in [0.25, 0.3) is 0 Å². The minimum absolute atomic E-state index is 0.0953. The fraction of sp³-hybridized carbons (Fsp3) is 1.00. The van der Waals surface area contributed by atoms with E-state index in [-0.39, 0.29) is 24.2 Å². The van der Waals surface area contributed by atoms with Crippen molar-refractivity contribution in [1.29, 1.82) is 0 Å². The maximum Gasteiger partial charge on any atom is 0.484 e. The SMILES string of the molecule is CC(C)CCOCCCSCC[SiH]1O[SiH](CCSCCOCCC(C)C)O[Si]2(CCSCCOCCC(C)C)O[Si](CCSCCOCCC(C)C)(O1)O[Si]1(CCSCCOCCC(C)C)O[Si](O)(CCSCCOCCC(C)C)O[Si](O)(CCSCCOCCC(C)C)O[Si](CCSCCOCCC(C)C)(O2)O1. The molecule has 4 bridgehead atoms. The molecule has 0 aliphatic carbocycles. The van der Waals surface area contributed by atoms with Crippen molar-refractivity contribution in [2.45, 2.75) is 217 Å². The molecule has 3 rings (SSSR count). The van der Waals surface area contributed by atoms with Crippen LogP contribution >= 0.6 is 94.1 Å². The van der Waals surface area contributed by atoms with Crippen LogP contribution in [0.25, 0.3) is 0 Å². The van der Waals surface area contributed by atoms with Crippen molar-refractivity contribution >= 4 is 165 Å². The molecule has 3 fully saturated rings. The molecular weight excluding hydrogens is 1680 g/mol. The third-order valence-corrected chi connectivity index (χ3v) is 59.8. The first-order chi connectivity index (χ1) is 52.2. The Balaban J connectivity index is 2.49. The Hall–Kier alpha value is 3.74. The summed E-state index contributed by atoms with van der Waals surface area (Å²) in [4.78, 5) is 27.9. The van der Waals surface area contributed by atoms with E-state index < -0.39 is 71.4 Å². The molecule has 650 valence electrons. The quantitative estimate of drug-likeness (QED) is 0.0429. The van der Waals surface area contributed by atoms with E-state index in [0.717, 1.165) is 112 Å². The van der Waals surface area contributed by atoms with E-state index >= 15 is 0 Å². The second-order valence-electron chi connectivity index (χ2n) is 31.8. The van der Waals surface area contributed by atoms with Crippen LogP contribution in [0.3, 0.4) is 0 Å². The summed E-state index contributed by atoms with van der Waals surface area (Å²) in [5, 5.41) is 0. The van der Waals surface area contributed by atoms with Crippen molar-refractivity contribution in [2.75, 3.05) is 198 Å². The van der Waals surface area contributed by atoms with E-state index in [0.29, 0.717) is 215 Å². The molecule has 0 aromatic carbocycles. The largest absolute Gasteiger partial charge is 0.484 e. The molecule has 0 aromatic heterocycles. The van der Waals surface area contributed by atoms with Gasteiger partial charge in [0.05, 0.1) is 46.2 Å². The Labute approximate surface area is 710 Å². The zero-order valence-electron chi connectivity index (χ0n) is 70.9. The fourth-order valence-electron chi connectivity index (χ4n) is 10.5. The van der Waals surface area contributed by atoms with Crippen LogP contribution in [0.15, 0.2) is 0 Å². The second-order valence-corrected chi connectivity index (χ2v) is 64.5. The fourth-order valence-corrected chi connectivity index (χ4v) is 62.6. The maximum absolute atomic E-state index is 13.9. The van der Waals surface area contributed by atoms with Crippen LogP contribution in [0.2, 0.25) is 48.4 Å². The van der Waals surface area contributed by atoms with Crippen LogP contribution in [-0.2, 0) is 79.0 Å². The van der Waals surface area contributed by atoms with Gasteiger partial charge >= 0.3 is 71.4 Å². The van der Waals surface area contributed by atoms with Crippen LogP contribution < -0.4 is 0 Å². The van der Waals surface area contributed by atoms with Crippen molar-refractivity contribution in [2.24, 2.45) is 47.3 Å². The number of hydrogen-bond acceptors (Lipinski definition) is 28. The topological polar surface area (TPSA) is 207 Å². The third-order valence-electron chi connectivity index (χ3n) is 17.3. The predicted molar refractivity (Wildman–Crippen MR) is 488 cm³/mol. The van der Waals surface area contributed by atoms with E-state index in [2.05, 4.69) is 111 Å². The molecule has 109 heavy (non-hydrogen) atoms. The highest BCUT2D eigenvalue weighted by Gasteiger charge is 2.74. The Morgan fingerprint density at radius 1 is 0.239 bits per heavy atom. The van der Waals surface area contributed by atoms with Gasteiger partial charge in [-0.1, -0.05) is 111 Å². The first-order valence-electron chi connectivity index (χ1n) is 41.8. The van der Waals surface area contributed by atoms with Crippen molar-refractivity contribution in [1.82, 2.24) is 0 Å². The van der Waals surface area contributed by atoms with Crippen molar-refractivity contribution < 1.29 is 88.6 Å². The Kier molecular flexibility index (Phi) is 64.2. The molecule has 0 saturated carbocycles. The summed E-state index contributed by atoms with van der Waals surface area (Å²) in [6.45, 7) is 46.1. The number of hydrogen-bond donors (Lipinski definition) is 2. The van der Waals surface area contributed by atoms with Crippen LogP contribution in [0.4, 0.5) is 0 Å². The van der Waals surface area contributed by atoms with Gasteiger partial charge in [0.2, 0.25) is 0 Å². The summed E-state index contributed by atoms with van der Waals surface area (Å²) in [6.07, 6.45) is 8.92. The Morgan fingerprint density at radius 3 is 0.734 bits per heavy atom. The molecule has 0 radical (unpaired) electrons. The Bertz CT molecular complexity index is 2070. The van der Waals surface area contributed by atoms with Gasteiger partial charge in [0.15, 0.2) is 0 Å². The predicted octanol–water partition coefficient (Wildman–Crippen LogP) is 17.0. The maximum atomic E-state index is 13.9. The molecule has 2 N–H and O–H groups in total. The lowest BCUT2D eigenvalue weighted by atomic mass is 10.1. The normalized spacial score (nSPS) is 24.4. The first-order valence-corrected chi connectivity index (χ1v) is 66.3. The van der Waals surface area contributed by atoms with Gasteiger partial charge < -0.3 is 88.6 Å². The lowest BCUT2D eigenvalue weighted by molar-refractivity contribution is 0.0313. The van der Waals surface area contributed by atoms with Gasteiger partial charge in [-0.2, -0.15) is 94.1 Å². The summed E-state index contributed by atoms with van der Waals surface area (Å²) in [5.41, 5.74) is 0. The molecule has 20 nitrogen and oxygen atoms in total. The minimum Gasteiger partial charge on any atom is -0.420 e. The molecule has 3 heterocycles. The monoisotopic (exact) mass is 1830 g/mol. The average Bonchev–Trinajstić information content (AvgIpc) is 0.723. The van der Waals surface area contributed by atoms with E-state index in [1.807, 2.05) is 23.5 Å². The van der Waals surface area contributed by atoms with Crippen LogP contribution in [0.5, 0.6) is 0 Å². The molecule has 0 aromatic rings. The third kappa shape index (κ3) is 56.2. The molecule has 3 saturated heterocycles. The van der Waals surface area contributed by atoms with E-state index in [9.17, 15) is 9.59 Å². The van der Waals surface area contributed by atoms with Gasteiger partial charge in [-0.15, -0.1) is 0 Å². The minimum atomic E-state index is -4.64. The smallest absolute Gasteiger partial charge is 0.420 e. The summed E-state index contributed by atoms with van der Waals surface area (Å²) < 4.78 is 129. The highest BCUT2D eigenvalue weighted by atomic mass is 32.2. The van der Waals surface area contributed by atoms with Gasteiger partial charge in [-0.05, 0) is 169 Å². The van der Waals surface area contributed by atoms with Gasteiger partial charge in [-0.25, -0.2) is 0 Å². The average molecular weight is 1840 g/mol. The van der Waals surface area contributed by atoms with E-state index in [4.69, 9.17) is 79.0 Å². The Morgan fingerprint density at radius 2 is 0.459 bits per heavy atom. The molecule has 36 heteroatoms. The lowest BCUT2D eigenvalue weighted by Crippen LogP contribution is -2.80. The summed E-state index contributed by atoms with van der Waals surface area (Å²) in [7, 11) is -32.6. The number of ether oxygens (including phenoxy) is 8. The molecule has 3 aliphatic heterocycles. The molecule has 3 aliphatic rings.